The van der Waals surface area contributed by atoms with Crippen LogP contribution in [0.1, 0.15) is 45.4 Å². The number of carbonyl (C=O) groups is 1. The smallest absolute Gasteiger partial charge is 0.205 e. The lowest BCUT2D eigenvalue weighted by Crippen LogP contribution is -2.46. The summed E-state index contributed by atoms with van der Waals surface area (Å²) in [6, 6.07) is 2.22. The van der Waals surface area contributed by atoms with E-state index in [2.05, 4.69) is 6.07 Å². The third-order valence-electron chi connectivity index (χ3n) is 5.85. The number of ether oxygens (including phenoxy) is 3. The predicted molar refractivity (Wildman–Crippen MR) is 83.9 cm³/mol. The first-order valence-electron chi connectivity index (χ1n) is 8.63. The summed E-state index contributed by atoms with van der Waals surface area (Å²) in [7, 11) is 0. The summed E-state index contributed by atoms with van der Waals surface area (Å²) in [6.45, 7) is 3.24. The Kier molecular flexibility index (Phi) is 3.48. The average Bonchev–Trinajstić information content (AvgIpc) is 2.98. The number of nitrogens with zero attached hydrogens (tertiary/aromatic N) is 1. The molecule has 128 valence electrons. The summed E-state index contributed by atoms with van der Waals surface area (Å²) in [5, 5.41) is 9.70. The summed E-state index contributed by atoms with van der Waals surface area (Å²) in [6.07, 6.45) is 3.76. The maximum atomic E-state index is 12.8. The molecule has 6 heteroatoms. The minimum Gasteiger partial charge on any atom is -0.444 e. The van der Waals surface area contributed by atoms with Crippen molar-refractivity contribution in [2.24, 2.45) is 17.1 Å². The van der Waals surface area contributed by atoms with Gasteiger partial charge in [-0.15, -0.1) is 0 Å². The third kappa shape index (κ3) is 2.11. The van der Waals surface area contributed by atoms with Gasteiger partial charge in [-0.25, -0.2) is 0 Å². The SMILES string of the molecule is C[C@@H]1CC(=O)C2=C(C1)OC(N)=C(C#N)C21CCC2(CC1)OCCO2. The van der Waals surface area contributed by atoms with Crippen LogP contribution in [-0.2, 0) is 19.0 Å². The van der Waals surface area contributed by atoms with Gasteiger partial charge >= 0.3 is 0 Å². The van der Waals surface area contributed by atoms with E-state index in [0.29, 0.717) is 68.6 Å². The molecule has 0 bridgehead atoms. The lowest BCUT2D eigenvalue weighted by Gasteiger charge is -2.47. The highest BCUT2D eigenvalue weighted by molar-refractivity contribution is 5.99. The van der Waals surface area contributed by atoms with Gasteiger partial charge in [0.15, 0.2) is 11.6 Å². The Balaban J connectivity index is 1.76. The number of allylic oxidation sites excluding steroid dienone is 3. The van der Waals surface area contributed by atoms with Crippen LogP contribution in [0.3, 0.4) is 0 Å². The van der Waals surface area contributed by atoms with Crippen molar-refractivity contribution in [2.75, 3.05) is 13.2 Å². The van der Waals surface area contributed by atoms with Gasteiger partial charge in [-0.05, 0) is 18.8 Å². The van der Waals surface area contributed by atoms with Crippen molar-refractivity contribution in [3.63, 3.8) is 0 Å². The Labute approximate surface area is 141 Å². The van der Waals surface area contributed by atoms with Crippen LogP contribution in [0.5, 0.6) is 0 Å². The highest BCUT2D eigenvalue weighted by Gasteiger charge is 2.55. The number of nitrogens with two attached hydrogens (primary N) is 1. The second-order valence-corrected chi connectivity index (χ2v) is 7.38. The first-order chi connectivity index (χ1) is 11.5. The van der Waals surface area contributed by atoms with Gasteiger partial charge in [-0.3, -0.25) is 4.79 Å². The number of carbonyl (C=O) groups excluding carboxylic acids is 1. The van der Waals surface area contributed by atoms with Crippen LogP contribution >= 0.6 is 0 Å². The van der Waals surface area contributed by atoms with Crippen LogP contribution in [-0.4, -0.2) is 24.8 Å². The minimum absolute atomic E-state index is 0.0909. The van der Waals surface area contributed by atoms with Crippen LogP contribution in [0, 0.1) is 22.7 Å². The zero-order valence-corrected chi connectivity index (χ0v) is 13.9. The maximum Gasteiger partial charge on any atom is 0.205 e. The van der Waals surface area contributed by atoms with E-state index < -0.39 is 11.2 Å². The largest absolute Gasteiger partial charge is 0.444 e. The van der Waals surface area contributed by atoms with E-state index in [1.54, 1.807) is 0 Å². The fourth-order valence-corrected chi connectivity index (χ4v) is 4.74. The fourth-order valence-electron chi connectivity index (χ4n) is 4.74. The van der Waals surface area contributed by atoms with Gasteiger partial charge in [-0.1, -0.05) is 6.92 Å². The molecule has 0 aromatic heterocycles. The molecule has 2 aliphatic heterocycles. The van der Waals surface area contributed by atoms with Crippen molar-refractivity contribution in [2.45, 2.75) is 51.2 Å². The van der Waals surface area contributed by atoms with Gasteiger partial charge in [-0.2, -0.15) is 5.26 Å². The van der Waals surface area contributed by atoms with Crippen molar-refractivity contribution in [1.82, 2.24) is 0 Å². The van der Waals surface area contributed by atoms with E-state index in [9.17, 15) is 10.1 Å². The molecule has 4 aliphatic rings. The van der Waals surface area contributed by atoms with Gasteiger partial charge in [0.1, 0.15) is 17.4 Å². The molecule has 2 fully saturated rings. The molecule has 1 atom stereocenters. The second-order valence-electron chi connectivity index (χ2n) is 7.38. The van der Waals surface area contributed by atoms with E-state index in [0.717, 1.165) is 0 Å². The van der Waals surface area contributed by atoms with Crippen LogP contribution in [0.15, 0.2) is 22.8 Å². The van der Waals surface area contributed by atoms with Gasteiger partial charge in [0.25, 0.3) is 0 Å². The third-order valence-corrected chi connectivity index (χ3v) is 5.85. The molecule has 2 spiro atoms. The first-order valence-corrected chi connectivity index (χ1v) is 8.63. The number of hydrogen-bond acceptors (Lipinski definition) is 6. The number of ketones is 1. The Morgan fingerprint density at radius 1 is 1.17 bits per heavy atom. The predicted octanol–water partition coefficient (Wildman–Crippen LogP) is 2.27. The van der Waals surface area contributed by atoms with Gasteiger partial charge in [0.05, 0.1) is 13.2 Å². The zero-order chi connectivity index (χ0) is 16.9. The lowest BCUT2D eigenvalue weighted by molar-refractivity contribution is -0.187. The maximum absolute atomic E-state index is 12.8. The molecule has 0 aromatic rings. The quantitative estimate of drug-likeness (QED) is 0.732. The van der Waals surface area contributed by atoms with Crippen LogP contribution < -0.4 is 5.73 Å². The first kappa shape index (κ1) is 15.7. The molecule has 2 aliphatic carbocycles. The lowest BCUT2D eigenvalue weighted by atomic mass is 9.59. The zero-order valence-electron chi connectivity index (χ0n) is 13.9. The second kappa shape index (κ2) is 5.33. The van der Waals surface area contributed by atoms with E-state index in [1.807, 2.05) is 6.92 Å². The molecule has 2 heterocycles. The number of Topliss-reactive ketones (excluding diaryl/α,β-unsaturated/α-hetero) is 1. The minimum atomic E-state index is -0.635. The van der Waals surface area contributed by atoms with Crippen molar-refractivity contribution >= 4 is 5.78 Å². The van der Waals surface area contributed by atoms with Gasteiger partial charge in [0.2, 0.25) is 5.88 Å². The summed E-state index contributed by atoms with van der Waals surface area (Å²) >= 11 is 0. The Bertz CT molecular complexity index is 684. The number of nitriles is 1. The molecule has 0 amide bonds. The van der Waals surface area contributed by atoms with E-state index in [1.165, 1.54) is 0 Å². The number of rotatable bonds is 0. The molecular weight excluding hydrogens is 308 g/mol. The standard InChI is InChI=1S/C18H22N2O4/c1-11-8-13(21)15-14(9-11)24-16(20)12(10-19)17(15)2-4-18(5-3-17)22-6-7-23-18/h11H,2-9,20H2,1H3/t11-/m1/s1. The van der Waals surface area contributed by atoms with Crippen molar-refractivity contribution in [3.8, 4) is 6.07 Å². The van der Waals surface area contributed by atoms with E-state index >= 15 is 0 Å². The van der Waals surface area contributed by atoms with Crippen molar-refractivity contribution in [1.29, 1.82) is 5.26 Å². The van der Waals surface area contributed by atoms with E-state index in [-0.39, 0.29) is 17.6 Å². The number of hydrogen-bond donors (Lipinski definition) is 1. The van der Waals surface area contributed by atoms with Gasteiger partial charge in [0, 0.05) is 36.7 Å². The number of fused-ring (bicyclic) bond motifs is 1. The molecule has 2 N–H and O–H groups in total. The molecule has 0 radical (unpaired) electrons. The van der Waals surface area contributed by atoms with Gasteiger partial charge < -0.3 is 19.9 Å². The molecule has 0 unspecified atom stereocenters. The Hall–Kier alpha value is -1.84. The summed E-state index contributed by atoms with van der Waals surface area (Å²) in [4.78, 5) is 12.8. The molecule has 1 saturated carbocycles. The molecule has 4 rings (SSSR count). The average molecular weight is 330 g/mol. The molecule has 24 heavy (non-hydrogen) atoms. The molecular formula is C18H22N2O4. The monoisotopic (exact) mass is 330 g/mol. The Morgan fingerprint density at radius 3 is 2.46 bits per heavy atom. The Morgan fingerprint density at radius 2 is 1.83 bits per heavy atom. The normalized spacial score (nSPS) is 31.2. The highest BCUT2D eigenvalue weighted by Crippen LogP contribution is 2.57. The van der Waals surface area contributed by atoms with Crippen LogP contribution in [0.25, 0.3) is 0 Å². The van der Waals surface area contributed by atoms with Crippen LogP contribution in [0.2, 0.25) is 0 Å². The molecule has 1 saturated heterocycles. The van der Waals surface area contributed by atoms with Crippen LogP contribution in [0.4, 0.5) is 0 Å². The van der Waals surface area contributed by atoms with Crippen molar-refractivity contribution < 1.29 is 19.0 Å². The van der Waals surface area contributed by atoms with E-state index in [4.69, 9.17) is 19.9 Å². The fraction of sp³-hybridized carbons (Fsp3) is 0.667. The molecule has 6 nitrogen and oxygen atoms in total. The topological polar surface area (TPSA) is 94.6 Å². The van der Waals surface area contributed by atoms with Crippen molar-refractivity contribution in [3.05, 3.63) is 22.8 Å². The highest BCUT2D eigenvalue weighted by atomic mass is 16.7. The molecule has 0 aromatic carbocycles. The summed E-state index contributed by atoms with van der Waals surface area (Å²) < 4.78 is 17.3. The summed E-state index contributed by atoms with van der Waals surface area (Å²) in [5.74, 6) is 0.598. The summed E-state index contributed by atoms with van der Waals surface area (Å²) in [5.41, 5.74) is 6.51.